The van der Waals surface area contributed by atoms with Crippen molar-refractivity contribution in [3.63, 3.8) is 0 Å². The van der Waals surface area contributed by atoms with Crippen molar-refractivity contribution in [3.8, 4) is 0 Å². The van der Waals surface area contributed by atoms with Gasteiger partial charge in [-0.05, 0) is 12.1 Å². The third-order valence-corrected chi connectivity index (χ3v) is 3.32. The first-order valence-electron chi connectivity index (χ1n) is 5.66. The Balaban J connectivity index is 2.04. The monoisotopic (exact) mass is 307 g/mol. The van der Waals surface area contributed by atoms with E-state index in [0.29, 0.717) is 11.4 Å². The molecule has 0 spiro atoms. The molecule has 1 amide bonds. The van der Waals surface area contributed by atoms with Gasteiger partial charge in [-0.25, -0.2) is 0 Å². The molecule has 2 N–H and O–H groups in total. The highest BCUT2D eigenvalue weighted by Gasteiger charge is 2.15. The summed E-state index contributed by atoms with van der Waals surface area (Å²) >= 11 is 0.865. The lowest BCUT2D eigenvalue weighted by molar-refractivity contribution is -0.380. The third kappa shape index (κ3) is 3.83. The summed E-state index contributed by atoms with van der Waals surface area (Å²) in [6, 6.07) is 4.19. The van der Waals surface area contributed by atoms with Crippen molar-refractivity contribution in [2.24, 2.45) is 0 Å². The number of hydrogen-bond donors (Lipinski definition) is 2. The number of nitro groups is 1. The molecule has 0 aromatic carbocycles. The first kappa shape index (κ1) is 14.6. The summed E-state index contributed by atoms with van der Waals surface area (Å²) in [4.78, 5) is 36.3. The lowest BCUT2D eigenvalue weighted by Gasteiger charge is -2.03. The number of carboxylic acids is 1. The fourth-order valence-corrected chi connectivity index (χ4v) is 2.20. The number of hydrogen-bond acceptors (Lipinski definition) is 6. The highest BCUT2D eigenvalue weighted by molar-refractivity contribution is 7.13. The molecular formula is C12H9N3O5S. The molecule has 0 radical (unpaired) electrons. The molecule has 8 nitrogen and oxygen atoms in total. The van der Waals surface area contributed by atoms with Gasteiger partial charge < -0.3 is 10.4 Å². The maximum atomic E-state index is 11.9. The Morgan fingerprint density at radius 3 is 2.71 bits per heavy atom. The van der Waals surface area contributed by atoms with Crippen molar-refractivity contribution >= 4 is 33.9 Å². The first-order chi connectivity index (χ1) is 9.95. The van der Waals surface area contributed by atoms with Gasteiger partial charge in [0.1, 0.15) is 0 Å². The molecular weight excluding hydrogens is 298 g/mol. The Labute approximate surface area is 122 Å². The van der Waals surface area contributed by atoms with Gasteiger partial charge in [-0.1, -0.05) is 11.3 Å². The van der Waals surface area contributed by atoms with Crippen LogP contribution in [0.1, 0.15) is 16.1 Å². The zero-order valence-electron chi connectivity index (χ0n) is 10.5. The van der Waals surface area contributed by atoms with Crippen LogP contribution in [0.3, 0.4) is 0 Å². The molecule has 0 fully saturated rings. The lowest BCUT2D eigenvalue weighted by Crippen LogP contribution is -2.11. The minimum absolute atomic E-state index is 0.116. The van der Waals surface area contributed by atoms with Crippen molar-refractivity contribution in [1.29, 1.82) is 0 Å². The molecule has 2 aromatic heterocycles. The van der Waals surface area contributed by atoms with E-state index in [9.17, 15) is 19.7 Å². The molecule has 0 saturated carbocycles. The number of nitrogens with zero attached hydrogens (tertiary/aromatic N) is 2. The van der Waals surface area contributed by atoms with Gasteiger partial charge in [0.15, 0.2) is 0 Å². The van der Waals surface area contributed by atoms with Crippen LogP contribution in [0.5, 0.6) is 0 Å². The Morgan fingerprint density at radius 2 is 2.19 bits per heavy atom. The first-order valence-corrected chi connectivity index (χ1v) is 6.54. The molecule has 0 unspecified atom stereocenters. The number of carbonyl (C=O) groups is 2. The standard InChI is InChI=1S/C12H9N3O5S/c16-11(17)4-8-1-2-9(5-13-8)14-12(18)7-3-10(15(19)20)21-6-7/h1-3,5-6H,4H2,(H,14,18)(H,16,17). The molecule has 0 aliphatic rings. The fourth-order valence-electron chi connectivity index (χ4n) is 1.50. The molecule has 2 aromatic rings. The number of anilines is 1. The van der Waals surface area contributed by atoms with E-state index in [1.165, 1.54) is 29.8 Å². The van der Waals surface area contributed by atoms with Gasteiger partial charge in [0.05, 0.1) is 34.5 Å². The van der Waals surface area contributed by atoms with Gasteiger partial charge in [0, 0.05) is 11.4 Å². The van der Waals surface area contributed by atoms with Crippen molar-refractivity contribution in [3.05, 3.63) is 51.1 Å². The fraction of sp³-hybridized carbons (Fsp3) is 0.0833. The minimum Gasteiger partial charge on any atom is -0.481 e. The quantitative estimate of drug-likeness (QED) is 0.642. The van der Waals surface area contributed by atoms with Gasteiger partial charge >= 0.3 is 11.0 Å². The van der Waals surface area contributed by atoms with E-state index in [-0.39, 0.29) is 17.0 Å². The molecule has 0 bridgehead atoms. The second-order valence-electron chi connectivity index (χ2n) is 3.99. The van der Waals surface area contributed by atoms with Crippen LogP contribution in [0.4, 0.5) is 10.7 Å². The number of rotatable bonds is 5. The van der Waals surface area contributed by atoms with Gasteiger partial charge in [0.25, 0.3) is 5.91 Å². The van der Waals surface area contributed by atoms with E-state index in [4.69, 9.17) is 5.11 Å². The van der Waals surface area contributed by atoms with Crippen LogP contribution in [-0.2, 0) is 11.2 Å². The van der Waals surface area contributed by atoms with E-state index >= 15 is 0 Å². The molecule has 0 atom stereocenters. The normalized spacial score (nSPS) is 10.1. The second-order valence-corrected chi connectivity index (χ2v) is 4.88. The number of thiophene rings is 1. The van der Waals surface area contributed by atoms with Gasteiger partial charge in [-0.2, -0.15) is 0 Å². The van der Waals surface area contributed by atoms with E-state index in [1.54, 1.807) is 0 Å². The Bertz CT molecular complexity index is 695. The summed E-state index contributed by atoms with van der Waals surface area (Å²) in [5.41, 5.74) is 0.927. The molecule has 0 aliphatic carbocycles. The SMILES string of the molecule is O=C(O)Cc1ccc(NC(=O)c2csc([N+](=O)[O-])c2)cn1. The van der Waals surface area contributed by atoms with Crippen molar-refractivity contribution in [2.75, 3.05) is 5.32 Å². The van der Waals surface area contributed by atoms with Crippen LogP contribution in [0, 0.1) is 10.1 Å². The van der Waals surface area contributed by atoms with Gasteiger partial charge in [-0.3, -0.25) is 24.7 Å². The van der Waals surface area contributed by atoms with Crippen LogP contribution < -0.4 is 5.32 Å². The Morgan fingerprint density at radius 1 is 1.43 bits per heavy atom. The van der Waals surface area contributed by atoms with E-state index in [2.05, 4.69) is 10.3 Å². The van der Waals surface area contributed by atoms with Crippen LogP contribution in [0.2, 0.25) is 0 Å². The second kappa shape index (κ2) is 6.09. The number of carbonyl (C=O) groups excluding carboxylic acids is 1. The predicted molar refractivity (Wildman–Crippen MR) is 74.5 cm³/mol. The number of pyridine rings is 1. The van der Waals surface area contributed by atoms with Crippen molar-refractivity contribution < 1.29 is 19.6 Å². The minimum atomic E-state index is -0.995. The van der Waals surface area contributed by atoms with Gasteiger partial charge in [0.2, 0.25) is 0 Å². The summed E-state index contributed by atoms with van der Waals surface area (Å²) in [6.07, 6.45) is 1.13. The zero-order valence-corrected chi connectivity index (χ0v) is 11.3. The summed E-state index contributed by atoms with van der Waals surface area (Å²) in [7, 11) is 0. The summed E-state index contributed by atoms with van der Waals surface area (Å²) in [5, 5.41) is 23.0. The van der Waals surface area contributed by atoms with Gasteiger partial charge in [-0.15, -0.1) is 0 Å². The number of amides is 1. The Kier molecular flexibility index (Phi) is 4.24. The highest BCUT2D eigenvalue weighted by Crippen LogP contribution is 2.23. The number of nitrogens with one attached hydrogen (secondary N) is 1. The van der Waals surface area contributed by atoms with Crippen LogP contribution in [-0.4, -0.2) is 26.9 Å². The summed E-state index contributed by atoms with van der Waals surface area (Å²) in [6.45, 7) is 0. The average molecular weight is 307 g/mol. The van der Waals surface area contributed by atoms with Crippen molar-refractivity contribution in [1.82, 2.24) is 4.98 Å². The predicted octanol–water partition coefficient (Wildman–Crippen LogP) is 1.93. The maximum Gasteiger partial charge on any atom is 0.324 e. The topological polar surface area (TPSA) is 122 Å². The van der Waals surface area contributed by atoms with E-state index in [0.717, 1.165) is 11.3 Å². The summed E-state index contributed by atoms with van der Waals surface area (Å²) < 4.78 is 0. The Hall–Kier alpha value is -2.81. The number of aliphatic carboxylic acids is 1. The molecule has 108 valence electrons. The molecule has 0 aliphatic heterocycles. The van der Waals surface area contributed by atoms with Crippen LogP contribution in [0.25, 0.3) is 0 Å². The highest BCUT2D eigenvalue weighted by atomic mass is 32.1. The summed E-state index contributed by atoms with van der Waals surface area (Å²) in [5.74, 6) is -1.49. The van der Waals surface area contributed by atoms with E-state index < -0.39 is 16.8 Å². The van der Waals surface area contributed by atoms with Crippen LogP contribution in [0.15, 0.2) is 29.8 Å². The number of carboxylic acid groups (broad SMARTS) is 1. The molecule has 0 saturated heterocycles. The van der Waals surface area contributed by atoms with Crippen LogP contribution >= 0.6 is 11.3 Å². The maximum absolute atomic E-state index is 11.9. The zero-order chi connectivity index (χ0) is 15.4. The van der Waals surface area contributed by atoms with Crippen molar-refractivity contribution in [2.45, 2.75) is 6.42 Å². The largest absolute Gasteiger partial charge is 0.481 e. The third-order valence-electron chi connectivity index (χ3n) is 2.44. The molecule has 2 rings (SSSR count). The smallest absolute Gasteiger partial charge is 0.324 e. The molecule has 21 heavy (non-hydrogen) atoms. The number of aromatic nitrogens is 1. The lowest BCUT2D eigenvalue weighted by atomic mass is 10.2. The molecule has 2 heterocycles. The average Bonchev–Trinajstić information content (AvgIpc) is 2.90. The molecule has 9 heteroatoms. The van der Waals surface area contributed by atoms with E-state index in [1.807, 2.05) is 0 Å².